The first-order valence-corrected chi connectivity index (χ1v) is 9.19. The molecule has 2 aromatic carbocycles. The number of nitrogens with zero attached hydrogens (tertiary/aromatic N) is 3. The van der Waals surface area contributed by atoms with Crippen molar-refractivity contribution in [2.45, 2.75) is 0 Å². The summed E-state index contributed by atoms with van der Waals surface area (Å²) in [4.78, 5) is 27.2. The van der Waals surface area contributed by atoms with Gasteiger partial charge in [0.1, 0.15) is 11.4 Å². The molecule has 0 saturated carbocycles. The van der Waals surface area contributed by atoms with Crippen LogP contribution in [0.15, 0.2) is 42.5 Å². The van der Waals surface area contributed by atoms with E-state index in [1.807, 2.05) is 29.2 Å². The van der Waals surface area contributed by atoms with Crippen molar-refractivity contribution in [2.75, 3.05) is 50.1 Å². The van der Waals surface area contributed by atoms with Crippen LogP contribution in [-0.4, -0.2) is 55.6 Å². The van der Waals surface area contributed by atoms with Gasteiger partial charge >= 0.3 is 0 Å². The average molecular weight is 405 g/mol. The number of rotatable bonds is 6. The molecule has 2 aromatic rings. The summed E-state index contributed by atoms with van der Waals surface area (Å²) in [5.74, 6) is 0.502. The highest BCUT2D eigenvalue weighted by Crippen LogP contribution is 2.27. The molecule has 3 rings (SSSR count). The molecule has 1 aliphatic rings. The maximum absolute atomic E-state index is 12.4. The van der Waals surface area contributed by atoms with Gasteiger partial charge in [0, 0.05) is 49.0 Å². The number of nitro benzene ring substituents is 1. The number of ether oxygens (including phenoxy) is 1. The number of methoxy groups -OCH3 is 1. The molecule has 1 saturated heterocycles. The normalized spacial score (nSPS) is 14.6. The Morgan fingerprint density at radius 1 is 1.21 bits per heavy atom. The zero-order valence-corrected chi connectivity index (χ0v) is 16.2. The highest BCUT2D eigenvalue weighted by atomic mass is 35.5. The summed E-state index contributed by atoms with van der Waals surface area (Å²) in [7, 11) is 1.64. The van der Waals surface area contributed by atoms with E-state index in [1.165, 1.54) is 18.2 Å². The van der Waals surface area contributed by atoms with E-state index in [-0.39, 0.29) is 23.8 Å². The smallest absolute Gasteiger partial charge is 0.292 e. The lowest BCUT2D eigenvalue weighted by Crippen LogP contribution is -2.48. The summed E-state index contributed by atoms with van der Waals surface area (Å²) in [6.45, 7) is 3.13. The van der Waals surface area contributed by atoms with E-state index in [0.29, 0.717) is 18.1 Å². The molecule has 0 radical (unpaired) electrons. The number of hydrogen-bond donors (Lipinski definition) is 1. The largest absolute Gasteiger partial charge is 0.497 e. The van der Waals surface area contributed by atoms with E-state index in [0.717, 1.165) is 24.5 Å². The molecule has 0 atom stereocenters. The van der Waals surface area contributed by atoms with Crippen molar-refractivity contribution in [2.24, 2.45) is 0 Å². The first kappa shape index (κ1) is 19.9. The number of benzene rings is 2. The van der Waals surface area contributed by atoms with Crippen molar-refractivity contribution in [3.05, 3.63) is 57.6 Å². The van der Waals surface area contributed by atoms with Gasteiger partial charge in [0.15, 0.2) is 0 Å². The molecule has 1 fully saturated rings. The van der Waals surface area contributed by atoms with E-state index in [4.69, 9.17) is 16.3 Å². The van der Waals surface area contributed by atoms with E-state index < -0.39 is 4.92 Å². The fraction of sp³-hybridized carbons (Fsp3) is 0.316. The van der Waals surface area contributed by atoms with Gasteiger partial charge in [0.2, 0.25) is 5.91 Å². The highest BCUT2D eigenvalue weighted by Gasteiger charge is 2.21. The quantitative estimate of drug-likeness (QED) is 0.588. The van der Waals surface area contributed by atoms with E-state index in [2.05, 4.69) is 10.2 Å². The number of carbonyl (C=O) groups is 1. The number of hydrogen-bond acceptors (Lipinski definition) is 6. The molecule has 0 spiro atoms. The van der Waals surface area contributed by atoms with Crippen molar-refractivity contribution >= 4 is 34.6 Å². The van der Waals surface area contributed by atoms with Crippen LogP contribution in [0.3, 0.4) is 0 Å². The van der Waals surface area contributed by atoms with Gasteiger partial charge in [-0.1, -0.05) is 17.7 Å². The summed E-state index contributed by atoms with van der Waals surface area (Å²) in [6, 6.07) is 12.0. The van der Waals surface area contributed by atoms with Gasteiger partial charge in [0.25, 0.3) is 5.69 Å². The Bertz CT molecular complexity index is 869. The van der Waals surface area contributed by atoms with E-state index in [9.17, 15) is 14.9 Å². The molecule has 9 heteroatoms. The maximum Gasteiger partial charge on any atom is 0.292 e. The lowest BCUT2D eigenvalue weighted by atomic mass is 10.2. The summed E-state index contributed by atoms with van der Waals surface area (Å²) in [5.41, 5.74) is 1.01. The summed E-state index contributed by atoms with van der Waals surface area (Å²) < 4.78 is 5.26. The average Bonchev–Trinajstić information content (AvgIpc) is 2.68. The van der Waals surface area contributed by atoms with Crippen LogP contribution in [0.4, 0.5) is 17.1 Å². The van der Waals surface area contributed by atoms with Crippen LogP contribution in [0.2, 0.25) is 5.02 Å². The topological polar surface area (TPSA) is 88.0 Å². The van der Waals surface area contributed by atoms with Gasteiger partial charge in [-0.2, -0.15) is 0 Å². The number of anilines is 2. The van der Waals surface area contributed by atoms with Crippen LogP contribution in [0.5, 0.6) is 5.75 Å². The van der Waals surface area contributed by atoms with Crippen LogP contribution in [-0.2, 0) is 4.79 Å². The van der Waals surface area contributed by atoms with Gasteiger partial charge in [-0.3, -0.25) is 19.8 Å². The predicted molar refractivity (Wildman–Crippen MR) is 108 cm³/mol. The van der Waals surface area contributed by atoms with Gasteiger partial charge in [-0.25, -0.2) is 0 Å². The molecule has 1 amide bonds. The highest BCUT2D eigenvalue weighted by molar-refractivity contribution is 6.31. The van der Waals surface area contributed by atoms with Crippen LogP contribution in [0.25, 0.3) is 0 Å². The number of nitro groups is 1. The molecule has 0 aromatic heterocycles. The number of nitrogens with one attached hydrogen (secondary N) is 1. The monoisotopic (exact) mass is 404 g/mol. The molecule has 1 aliphatic heterocycles. The second kappa shape index (κ2) is 8.90. The van der Waals surface area contributed by atoms with Crippen molar-refractivity contribution in [3.8, 4) is 5.75 Å². The number of amides is 1. The lowest BCUT2D eigenvalue weighted by Gasteiger charge is -2.35. The van der Waals surface area contributed by atoms with Crippen LogP contribution in [0, 0.1) is 10.1 Å². The Morgan fingerprint density at radius 3 is 2.64 bits per heavy atom. The minimum Gasteiger partial charge on any atom is -0.497 e. The molecular formula is C19H21ClN4O4. The van der Waals surface area contributed by atoms with Crippen molar-refractivity contribution in [1.29, 1.82) is 0 Å². The molecule has 0 bridgehead atoms. The Balaban J connectivity index is 1.55. The minimum atomic E-state index is -0.543. The maximum atomic E-state index is 12.4. The molecule has 1 heterocycles. The number of piperazine rings is 1. The fourth-order valence-electron chi connectivity index (χ4n) is 3.13. The van der Waals surface area contributed by atoms with Gasteiger partial charge < -0.3 is 15.0 Å². The first-order valence-electron chi connectivity index (χ1n) is 8.81. The third kappa shape index (κ3) is 4.90. The fourth-order valence-corrected chi connectivity index (χ4v) is 3.30. The third-order valence-electron chi connectivity index (χ3n) is 4.59. The zero-order valence-electron chi connectivity index (χ0n) is 15.4. The molecular weight excluding hydrogens is 384 g/mol. The molecule has 0 unspecified atom stereocenters. The van der Waals surface area contributed by atoms with E-state index in [1.54, 1.807) is 7.11 Å². The standard InChI is InChI=1S/C19H21ClN4O4/c1-28-16-4-2-3-15(12-16)23-9-7-22(8-10-23)13-19(25)21-17-11-14(20)5-6-18(17)24(26)27/h2-6,11-12H,7-10,13H2,1H3,(H,21,25). The Kier molecular flexibility index (Phi) is 6.33. The Labute approximate surface area is 167 Å². The van der Waals surface area contributed by atoms with Crippen molar-refractivity contribution in [3.63, 3.8) is 0 Å². The van der Waals surface area contributed by atoms with Crippen LogP contribution < -0.4 is 15.0 Å². The van der Waals surface area contributed by atoms with Gasteiger partial charge in [-0.15, -0.1) is 0 Å². The van der Waals surface area contributed by atoms with Crippen LogP contribution in [0.1, 0.15) is 0 Å². The summed E-state index contributed by atoms with van der Waals surface area (Å²) >= 11 is 5.89. The molecule has 28 heavy (non-hydrogen) atoms. The third-order valence-corrected chi connectivity index (χ3v) is 4.82. The predicted octanol–water partition coefficient (Wildman–Crippen LogP) is 3.02. The van der Waals surface area contributed by atoms with Gasteiger partial charge in [-0.05, 0) is 24.3 Å². The lowest BCUT2D eigenvalue weighted by molar-refractivity contribution is -0.383. The van der Waals surface area contributed by atoms with E-state index >= 15 is 0 Å². The van der Waals surface area contributed by atoms with Gasteiger partial charge in [0.05, 0.1) is 18.6 Å². The molecule has 8 nitrogen and oxygen atoms in total. The minimum absolute atomic E-state index is 0.109. The zero-order chi connectivity index (χ0) is 20.1. The summed E-state index contributed by atoms with van der Waals surface area (Å²) in [6.07, 6.45) is 0. The first-order chi connectivity index (χ1) is 13.5. The number of carbonyl (C=O) groups excluding carboxylic acids is 1. The second-order valence-corrected chi connectivity index (χ2v) is 6.87. The van der Waals surface area contributed by atoms with Crippen molar-refractivity contribution < 1.29 is 14.5 Å². The Morgan fingerprint density at radius 2 is 1.96 bits per heavy atom. The Hall–Kier alpha value is -2.84. The summed E-state index contributed by atoms with van der Waals surface area (Å²) in [5, 5.41) is 14.0. The molecule has 1 N–H and O–H groups in total. The SMILES string of the molecule is COc1cccc(N2CCN(CC(=O)Nc3cc(Cl)ccc3[N+](=O)[O-])CC2)c1. The number of halogens is 1. The molecule has 0 aliphatic carbocycles. The second-order valence-electron chi connectivity index (χ2n) is 6.43. The molecule has 148 valence electrons. The van der Waals surface area contributed by atoms with Crippen molar-refractivity contribution in [1.82, 2.24) is 4.90 Å². The van der Waals surface area contributed by atoms with Crippen LogP contribution >= 0.6 is 11.6 Å².